The van der Waals surface area contributed by atoms with Gasteiger partial charge in [0.2, 0.25) is 11.8 Å². The first-order chi connectivity index (χ1) is 19.9. The molecule has 0 bridgehead atoms. The lowest BCUT2D eigenvalue weighted by atomic mass is 9.82. The number of Topliss-reactive ketones (excluding diaryl/α,β-unsaturated/α-hetero) is 1. The molecule has 0 aromatic heterocycles. The van der Waals surface area contributed by atoms with E-state index in [0.29, 0.717) is 42.9 Å². The number of allylic oxidation sites excluding steroid dienone is 1. The quantitative estimate of drug-likeness (QED) is 0.292. The van der Waals surface area contributed by atoms with Crippen LogP contribution in [0.2, 0.25) is 0 Å². The fourth-order valence-corrected chi connectivity index (χ4v) is 6.51. The summed E-state index contributed by atoms with van der Waals surface area (Å²) in [5.41, 5.74) is 2.41. The summed E-state index contributed by atoms with van der Waals surface area (Å²) in [4.78, 5) is 43.3. The molecular formula is C31H43N5O5. The van der Waals surface area contributed by atoms with Gasteiger partial charge in [-0.1, -0.05) is 18.9 Å². The molecule has 0 spiro atoms. The average molecular weight is 566 g/mol. The number of nitrogens with zero attached hydrogens (tertiary/aromatic N) is 2. The van der Waals surface area contributed by atoms with Crippen molar-refractivity contribution in [3.05, 3.63) is 47.7 Å². The van der Waals surface area contributed by atoms with Crippen molar-refractivity contribution in [2.24, 2.45) is 5.92 Å². The van der Waals surface area contributed by atoms with Gasteiger partial charge in [0, 0.05) is 60.7 Å². The third kappa shape index (κ3) is 7.24. The lowest BCUT2D eigenvalue weighted by Gasteiger charge is -2.34. The molecule has 4 aliphatic rings. The molecule has 4 atom stereocenters. The van der Waals surface area contributed by atoms with Crippen LogP contribution >= 0.6 is 0 Å². The maximum absolute atomic E-state index is 13.5. The molecule has 3 aliphatic heterocycles. The lowest BCUT2D eigenvalue weighted by molar-refractivity contribution is -0.121. The number of rotatable bonds is 10. The SMILES string of the molecule is O=C(CCN1CCCCC1CO)NC1=CC2C(=O)c3cc(NC(=O)CCN4CCCCC4CO)ccc3NC2C=C1. The van der Waals surface area contributed by atoms with Gasteiger partial charge in [-0.05, 0) is 69.1 Å². The smallest absolute Gasteiger partial charge is 0.225 e. The zero-order chi connectivity index (χ0) is 28.8. The van der Waals surface area contributed by atoms with E-state index in [2.05, 4.69) is 25.8 Å². The number of carbonyl (C=O) groups excluding carboxylic acids is 3. The Labute approximate surface area is 241 Å². The van der Waals surface area contributed by atoms with Crippen molar-refractivity contribution >= 4 is 29.0 Å². The molecule has 0 radical (unpaired) electrons. The Kier molecular flexibility index (Phi) is 9.87. The largest absolute Gasteiger partial charge is 0.395 e. The summed E-state index contributed by atoms with van der Waals surface area (Å²) in [7, 11) is 0. The third-order valence-corrected chi connectivity index (χ3v) is 8.88. The number of amides is 2. The summed E-state index contributed by atoms with van der Waals surface area (Å²) in [5, 5.41) is 28.5. The van der Waals surface area contributed by atoms with Gasteiger partial charge in [-0.2, -0.15) is 0 Å². The summed E-state index contributed by atoms with van der Waals surface area (Å²) in [6.45, 7) is 3.22. The van der Waals surface area contributed by atoms with E-state index in [1.54, 1.807) is 18.2 Å². The Morgan fingerprint density at radius 2 is 1.54 bits per heavy atom. The zero-order valence-corrected chi connectivity index (χ0v) is 23.7. The van der Waals surface area contributed by atoms with Crippen molar-refractivity contribution in [1.29, 1.82) is 0 Å². The second kappa shape index (κ2) is 13.7. The van der Waals surface area contributed by atoms with Crippen LogP contribution in [0.5, 0.6) is 0 Å². The first-order valence-electron chi connectivity index (χ1n) is 15.1. The minimum Gasteiger partial charge on any atom is -0.395 e. The minimum atomic E-state index is -0.468. The molecule has 41 heavy (non-hydrogen) atoms. The zero-order valence-electron chi connectivity index (χ0n) is 23.7. The molecule has 4 unspecified atom stereocenters. The number of hydrogen-bond acceptors (Lipinski definition) is 8. The van der Waals surface area contributed by atoms with Crippen LogP contribution in [0.25, 0.3) is 0 Å². The number of piperidine rings is 2. The Bertz CT molecular complexity index is 1180. The second-order valence-electron chi connectivity index (χ2n) is 11.6. The van der Waals surface area contributed by atoms with Gasteiger partial charge in [0.05, 0.1) is 25.2 Å². The maximum Gasteiger partial charge on any atom is 0.225 e. The molecule has 1 aromatic carbocycles. The van der Waals surface area contributed by atoms with Crippen molar-refractivity contribution < 1.29 is 24.6 Å². The fraction of sp³-hybridized carbons (Fsp3) is 0.581. The molecule has 0 saturated carbocycles. The molecule has 2 fully saturated rings. The number of aliphatic hydroxyl groups is 2. The van der Waals surface area contributed by atoms with E-state index in [1.165, 1.54) is 0 Å². The van der Waals surface area contributed by atoms with Gasteiger partial charge in [0.1, 0.15) is 0 Å². The third-order valence-electron chi connectivity index (χ3n) is 8.88. The van der Waals surface area contributed by atoms with Gasteiger partial charge in [-0.15, -0.1) is 0 Å². The average Bonchev–Trinajstić information content (AvgIpc) is 3.00. The maximum atomic E-state index is 13.5. The first kappa shape index (κ1) is 29.4. The van der Waals surface area contributed by atoms with E-state index in [4.69, 9.17) is 0 Å². The van der Waals surface area contributed by atoms with Gasteiger partial charge in [0.25, 0.3) is 0 Å². The summed E-state index contributed by atoms with van der Waals surface area (Å²) >= 11 is 0. The molecule has 3 heterocycles. The van der Waals surface area contributed by atoms with Gasteiger partial charge >= 0.3 is 0 Å². The van der Waals surface area contributed by atoms with E-state index in [-0.39, 0.29) is 48.9 Å². The van der Waals surface area contributed by atoms with E-state index in [9.17, 15) is 24.6 Å². The molecule has 10 heteroatoms. The minimum absolute atomic E-state index is 0.0610. The molecular weight excluding hydrogens is 522 g/mol. The van der Waals surface area contributed by atoms with Crippen LogP contribution in [0.1, 0.15) is 61.7 Å². The number of carbonyl (C=O) groups is 3. The van der Waals surface area contributed by atoms with E-state index in [1.807, 2.05) is 18.2 Å². The molecule has 1 aromatic rings. The molecule has 10 nitrogen and oxygen atoms in total. The number of aliphatic hydroxyl groups excluding tert-OH is 2. The lowest BCUT2D eigenvalue weighted by Crippen LogP contribution is -2.43. The Morgan fingerprint density at radius 1 is 0.902 bits per heavy atom. The molecule has 222 valence electrons. The normalized spacial score (nSPS) is 26.4. The van der Waals surface area contributed by atoms with Gasteiger partial charge in [-0.25, -0.2) is 0 Å². The van der Waals surface area contributed by atoms with Gasteiger partial charge in [0.15, 0.2) is 5.78 Å². The Hall–Kier alpha value is -3.05. The van der Waals surface area contributed by atoms with Crippen molar-refractivity contribution in [2.45, 2.75) is 69.5 Å². The van der Waals surface area contributed by atoms with Crippen molar-refractivity contribution in [1.82, 2.24) is 15.1 Å². The predicted octanol–water partition coefficient (Wildman–Crippen LogP) is 2.26. The highest BCUT2D eigenvalue weighted by atomic mass is 16.3. The number of likely N-dealkylation sites (tertiary alicyclic amines) is 2. The summed E-state index contributed by atoms with van der Waals surface area (Å²) in [6, 6.07) is 5.38. The fourth-order valence-electron chi connectivity index (χ4n) is 6.51. The van der Waals surface area contributed by atoms with Crippen LogP contribution in [-0.4, -0.2) is 95.1 Å². The predicted molar refractivity (Wildman–Crippen MR) is 157 cm³/mol. The molecule has 5 rings (SSSR count). The highest BCUT2D eigenvalue weighted by Gasteiger charge is 2.35. The first-order valence-corrected chi connectivity index (χ1v) is 15.1. The van der Waals surface area contributed by atoms with Crippen LogP contribution in [0, 0.1) is 5.92 Å². The molecule has 5 N–H and O–H groups in total. The van der Waals surface area contributed by atoms with Crippen molar-refractivity contribution in [3.8, 4) is 0 Å². The van der Waals surface area contributed by atoms with Crippen LogP contribution in [0.3, 0.4) is 0 Å². The van der Waals surface area contributed by atoms with E-state index >= 15 is 0 Å². The van der Waals surface area contributed by atoms with Crippen molar-refractivity contribution in [3.63, 3.8) is 0 Å². The number of nitrogens with one attached hydrogen (secondary N) is 3. The van der Waals surface area contributed by atoms with Crippen molar-refractivity contribution in [2.75, 3.05) is 50.0 Å². The topological polar surface area (TPSA) is 134 Å². The van der Waals surface area contributed by atoms with Gasteiger partial charge < -0.3 is 26.2 Å². The van der Waals surface area contributed by atoms with E-state index in [0.717, 1.165) is 57.3 Å². The summed E-state index contributed by atoms with van der Waals surface area (Å²) < 4.78 is 0. The summed E-state index contributed by atoms with van der Waals surface area (Å²) in [6.07, 6.45) is 12.5. The number of anilines is 2. The highest BCUT2D eigenvalue weighted by molar-refractivity contribution is 6.08. The standard InChI is InChI=1S/C31H43N5O5/c37-19-23-5-1-3-13-35(23)15-11-29(39)32-21-7-9-27-25(17-21)31(41)26-18-22(8-10-28(26)34-27)33-30(40)12-16-36-14-4-2-6-24(36)20-38/h7-10,17-18,23-25,27,34,37-38H,1-6,11-16,19-20H2,(H,32,39)(H,33,40). The Morgan fingerprint density at radius 3 is 2.17 bits per heavy atom. The highest BCUT2D eigenvalue weighted by Crippen LogP contribution is 2.34. The van der Waals surface area contributed by atoms with Gasteiger partial charge in [-0.3, -0.25) is 24.2 Å². The summed E-state index contributed by atoms with van der Waals surface area (Å²) in [5.74, 6) is -0.766. The van der Waals surface area contributed by atoms with Crippen LogP contribution in [0.15, 0.2) is 42.1 Å². The number of benzene rings is 1. The molecule has 2 amide bonds. The molecule has 2 saturated heterocycles. The number of ketones is 1. The Balaban J connectivity index is 1.16. The van der Waals surface area contributed by atoms with Crippen LogP contribution in [0.4, 0.5) is 11.4 Å². The monoisotopic (exact) mass is 565 g/mol. The van der Waals surface area contributed by atoms with E-state index < -0.39 is 5.92 Å². The molecule has 1 aliphatic carbocycles. The number of fused-ring (bicyclic) bond motifs is 2. The second-order valence-corrected chi connectivity index (χ2v) is 11.6. The van der Waals surface area contributed by atoms with Crippen LogP contribution < -0.4 is 16.0 Å². The van der Waals surface area contributed by atoms with Crippen LogP contribution in [-0.2, 0) is 9.59 Å². The number of hydrogen-bond donors (Lipinski definition) is 5.